The summed E-state index contributed by atoms with van der Waals surface area (Å²) in [6.07, 6.45) is 0. The van der Waals surface area contributed by atoms with Crippen molar-refractivity contribution >= 4 is 11.3 Å². The van der Waals surface area contributed by atoms with E-state index in [2.05, 4.69) is 37.5 Å². The average molecular weight is 212 g/mol. The van der Waals surface area contributed by atoms with E-state index < -0.39 is 0 Å². The molecule has 14 heavy (non-hydrogen) atoms. The van der Waals surface area contributed by atoms with Gasteiger partial charge in [0.2, 0.25) is 0 Å². The van der Waals surface area contributed by atoms with Crippen LogP contribution in [-0.2, 0) is 6.54 Å². The minimum Gasteiger partial charge on any atom is -0.330 e. The normalized spacial score (nSPS) is 12.0. The summed E-state index contributed by atoms with van der Waals surface area (Å²) in [5.41, 5.74) is 7.24. The molecule has 1 aromatic heterocycles. The second-order valence-corrected chi connectivity index (χ2v) is 5.50. The van der Waals surface area contributed by atoms with Gasteiger partial charge in [-0.2, -0.15) is 0 Å². The Balaban J connectivity index is 2.32. The van der Waals surface area contributed by atoms with E-state index in [0.29, 0.717) is 0 Å². The molecule has 1 rings (SSSR count). The summed E-state index contributed by atoms with van der Waals surface area (Å²) >= 11 is 1.81. The molecular weight excluding hydrogens is 192 g/mol. The number of nitrogens with two attached hydrogens (primary N) is 1. The van der Waals surface area contributed by atoms with Crippen molar-refractivity contribution in [1.82, 2.24) is 5.32 Å². The van der Waals surface area contributed by atoms with Crippen molar-refractivity contribution in [2.45, 2.75) is 27.3 Å². The third kappa shape index (κ3) is 3.40. The molecule has 0 spiro atoms. The summed E-state index contributed by atoms with van der Waals surface area (Å²) in [7, 11) is 0. The average Bonchev–Trinajstić information content (AvgIpc) is 2.52. The first-order valence-electron chi connectivity index (χ1n) is 4.99. The van der Waals surface area contributed by atoms with Crippen molar-refractivity contribution in [3.05, 3.63) is 21.9 Å². The van der Waals surface area contributed by atoms with E-state index in [1.807, 2.05) is 11.3 Å². The lowest BCUT2D eigenvalue weighted by Crippen LogP contribution is -2.35. The predicted octanol–water partition coefficient (Wildman–Crippen LogP) is 2.13. The zero-order chi connectivity index (χ0) is 10.6. The molecule has 0 atom stereocenters. The molecule has 1 heterocycles. The number of thiophene rings is 1. The van der Waals surface area contributed by atoms with E-state index in [4.69, 9.17) is 5.73 Å². The summed E-state index contributed by atoms with van der Waals surface area (Å²) in [4.78, 5) is 1.43. The molecule has 0 aliphatic heterocycles. The van der Waals surface area contributed by atoms with Gasteiger partial charge in [0.1, 0.15) is 0 Å². The number of hydrogen-bond donors (Lipinski definition) is 2. The van der Waals surface area contributed by atoms with Gasteiger partial charge in [-0.25, -0.2) is 0 Å². The SMILES string of the molecule is Cc1ccsc1CNCC(C)(C)CN. The van der Waals surface area contributed by atoms with Crippen LogP contribution in [0.25, 0.3) is 0 Å². The van der Waals surface area contributed by atoms with E-state index in [1.165, 1.54) is 10.4 Å². The minimum atomic E-state index is 0.200. The molecule has 3 heteroatoms. The first-order chi connectivity index (χ1) is 6.55. The molecule has 0 saturated heterocycles. The van der Waals surface area contributed by atoms with Crippen LogP contribution in [0.15, 0.2) is 11.4 Å². The van der Waals surface area contributed by atoms with Crippen molar-refractivity contribution in [2.75, 3.05) is 13.1 Å². The van der Waals surface area contributed by atoms with Gasteiger partial charge in [0.25, 0.3) is 0 Å². The second kappa shape index (κ2) is 4.91. The molecule has 0 aliphatic carbocycles. The van der Waals surface area contributed by atoms with E-state index >= 15 is 0 Å². The lowest BCUT2D eigenvalue weighted by molar-refractivity contribution is 0.352. The minimum absolute atomic E-state index is 0.200. The van der Waals surface area contributed by atoms with Crippen LogP contribution in [0.5, 0.6) is 0 Å². The number of aryl methyl sites for hydroxylation is 1. The van der Waals surface area contributed by atoms with Gasteiger partial charge in [-0.3, -0.25) is 0 Å². The molecule has 0 aromatic carbocycles. The highest BCUT2D eigenvalue weighted by Gasteiger charge is 2.14. The number of hydrogen-bond acceptors (Lipinski definition) is 3. The lowest BCUT2D eigenvalue weighted by Gasteiger charge is -2.22. The first-order valence-corrected chi connectivity index (χ1v) is 5.87. The van der Waals surface area contributed by atoms with Gasteiger partial charge in [-0.1, -0.05) is 13.8 Å². The van der Waals surface area contributed by atoms with Gasteiger partial charge in [-0.05, 0) is 35.9 Å². The quantitative estimate of drug-likeness (QED) is 0.784. The van der Waals surface area contributed by atoms with Gasteiger partial charge < -0.3 is 11.1 Å². The van der Waals surface area contributed by atoms with E-state index in [-0.39, 0.29) is 5.41 Å². The van der Waals surface area contributed by atoms with Crippen molar-refractivity contribution in [3.63, 3.8) is 0 Å². The highest BCUT2D eigenvalue weighted by molar-refractivity contribution is 7.10. The molecule has 80 valence electrons. The fraction of sp³-hybridized carbons (Fsp3) is 0.636. The van der Waals surface area contributed by atoms with Crippen LogP contribution in [0.1, 0.15) is 24.3 Å². The third-order valence-electron chi connectivity index (χ3n) is 2.41. The summed E-state index contributed by atoms with van der Waals surface area (Å²) in [5, 5.41) is 5.59. The molecule has 0 aliphatic rings. The van der Waals surface area contributed by atoms with Crippen LogP contribution < -0.4 is 11.1 Å². The highest BCUT2D eigenvalue weighted by atomic mass is 32.1. The van der Waals surface area contributed by atoms with Crippen molar-refractivity contribution < 1.29 is 0 Å². The third-order valence-corrected chi connectivity index (χ3v) is 3.43. The van der Waals surface area contributed by atoms with Gasteiger partial charge in [0.05, 0.1) is 0 Å². The van der Waals surface area contributed by atoms with E-state index in [1.54, 1.807) is 0 Å². The smallest absolute Gasteiger partial charge is 0.0302 e. The maximum atomic E-state index is 5.66. The summed E-state index contributed by atoms with van der Waals surface area (Å²) in [6, 6.07) is 2.16. The Labute approximate surface area is 90.5 Å². The van der Waals surface area contributed by atoms with E-state index in [0.717, 1.165) is 19.6 Å². The highest BCUT2D eigenvalue weighted by Crippen LogP contribution is 2.16. The maximum absolute atomic E-state index is 5.66. The molecular formula is C11H20N2S. The monoisotopic (exact) mass is 212 g/mol. The molecule has 1 aromatic rings. The Kier molecular flexibility index (Phi) is 4.11. The van der Waals surface area contributed by atoms with Gasteiger partial charge in [0, 0.05) is 18.0 Å². The summed E-state index contributed by atoms with van der Waals surface area (Å²) in [6.45, 7) is 9.18. The Hall–Kier alpha value is -0.380. The zero-order valence-corrected chi connectivity index (χ0v) is 10.1. The maximum Gasteiger partial charge on any atom is 0.0302 e. The molecule has 0 amide bonds. The van der Waals surface area contributed by atoms with Crippen molar-refractivity contribution in [3.8, 4) is 0 Å². The van der Waals surface area contributed by atoms with Crippen molar-refractivity contribution in [1.29, 1.82) is 0 Å². The van der Waals surface area contributed by atoms with Crippen LogP contribution in [0, 0.1) is 12.3 Å². The van der Waals surface area contributed by atoms with Crippen molar-refractivity contribution in [2.24, 2.45) is 11.1 Å². The number of nitrogens with one attached hydrogen (secondary N) is 1. The zero-order valence-electron chi connectivity index (χ0n) is 9.26. The van der Waals surface area contributed by atoms with Crippen LogP contribution in [0.4, 0.5) is 0 Å². The predicted molar refractivity (Wildman–Crippen MR) is 63.6 cm³/mol. The van der Waals surface area contributed by atoms with Gasteiger partial charge in [0.15, 0.2) is 0 Å². The Morgan fingerprint density at radius 2 is 2.21 bits per heavy atom. The van der Waals surface area contributed by atoms with Crippen LogP contribution in [-0.4, -0.2) is 13.1 Å². The molecule has 0 fully saturated rings. The molecule has 0 bridgehead atoms. The Bertz CT molecular complexity index is 279. The Morgan fingerprint density at radius 1 is 1.50 bits per heavy atom. The molecule has 3 N–H and O–H groups in total. The molecule has 0 saturated carbocycles. The van der Waals surface area contributed by atoms with Crippen LogP contribution >= 0.6 is 11.3 Å². The molecule has 0 unspecified atom stereocenters. The van der Waals surface area contributed by atoms with Gasteiger partial charge >= 0.3 is 0 Å². The van der Waals surface area contributed by atoms with Gasteiger partial charge in [-0.15, -0.1) is 11.3 Å². The Morgan fingerprint density at radius 3 is 2.71 bits per heavy atom. The fourth-order valence-electron chi connectivity index (χ4n) is 1.17. The fourth-order valence-corrected chi connectivity index (χ4v) is 2.05. The second-order valence-electron chi connectivity index (χ2n) is 4.50. The lowest BCUT2D eigenvalue weighted by atomic mass is 9.94. The molecule has 2 nitrogen and oxygen atoms in total. The standard InChI is InChI=1S/C11H20N2S/c1-9-4-5-14-10(9)6-13-8-11(2,3)7-12/h4-5,13H,6-8,12H2,1-3H3. The summed E-state index contributed by atoms with van der Waals surface area (Å²) in [5.74, 6) is 0. The largest absolute Gasteiger partial charge is 0.330 e. The topological polar surface area (TPSA) is 38.0 Å². The summed E-state index contributed by atoms with van der Waals surface area (Å²) < 4.78 is 0. The molecule has 0 radical (unpaired) electrons. The number of rotatable bonds is 5. The first kappa shape index (κ1) is 11.7. The van der Waals surface area contributed by atoms with Crippen LogP contribution in [0.3, 0.4) is 0 Å². The van der Waals surface area contributed by atoms with E-state index in [9.17, 15) is 0 Å². The van der Waals surface area contributed by atoms with Crippen LogP contribution in [0.2, 0.25) is 0 Å².